The number of nitrogens with zero attached hydrogens (tertiary/aromatic N) is 1. The van der Waals surface area contributed by atoms with Gasteiger partial charge in [-0.25, -0.2) is 13.2 Å². The van der Waals surface area contributed by atoms with Gasteiger partial charge in [-0.15, -0.1) is 0 Å². The maximum Gasteiger partial charge on any atom is 0.321 e. The molecule has 0 unspecified atom stereocenters. The molecule has 2 aliphatic rings. The smallest absolute Gasteiger partial charge is 0.321 e. The minimum absolute atomic E-state index is 0.163. The summed E-state index contributed by atoms with van der Waals surface area (Å²) < 4.78 is 26.8. The van der Waals surface area contributed by atoms with Gasteiger partial charge in [-0.1, -0.05) is 17.7 Å². The Balaban J connectivity index is 1.48. The Labute approximate surface area is 153 Å². The SMILES string of the molecule is Cc1ccc(S(=O)(=O)N2CC[NH+](CC(=O)NC(=O)NC3CC3)CC2)cc1. The van der Waals surface area contributed by atoms with Crippen molar-refractivity contribution >= 4 is 22.0 Å². The monoisotopic (exact) mass is 381 g/mol. The Kier molecular flexibility index (Phi) is 5.59. The van der Waals surface area contributed by atoms with Gasteiger partial charge < -0.3 is 10.2 Å². The molecule has 1 saturated carbocycles. The number of rotatable bonds is 5. The third-order valence-electron chi connectivity index (χ3n) is 4.66. The summed E-state index contributed by atoms with van der Waals surface area (Å²) in [6.45, 7) is 3.84. The molecule has 3 N–H and O–H groups in total. The van der Waals surface area contributed by atoms with Gasteiger partial charge in [-0.3, -0.25) is 10.1 Å². The Morgan fingerprint density at radius 3 is 2.35 bits per heavy atom. The predicted molar refractivity (Wildman–Crippen MR) is 95.2 cm³/mol. The van der Waals surface area contributed by atoms with E-state index in [1.807, 2.05) is 6.92 Å². The van der Waals surface area contributed by atoms with E-state index in [9.17, 15) is 18.0 Å². The maximum absolute atomic E-state index is 12.7. The number of quaternary nitrogens is 1. The molecule has 0 spiro atoms. The van der Waals surface area contributed by atoms with Crippen molar-refractivity contribution in [1.82, 2.24) is 14.9 Å². The van der Waals surface area contributed by atoms with Crippen LogP contribution < -0.4 is 15.5 Å². The van der Waals surface area contributed by atoms with Crippen LogP contribution in [0.2, 0.25) is 0 Å². The fraction of sp³-hybridized carbons (Fsp3) is 0.529. The summed E-state index contributed by atoms with van der Waals surface area (Å²) in [6, 6.07) is 6.56. The second-order valence-electron chi connectivity index (χ2n) is 6.94. The number of hydrogen-bond acceptors (Lipinski definition) is 4. The maximum atomic E-state index is 12.7. The molecule has 9 heteroatoms. The first-order valence-electron chi connectivity index (χ1n) is 8.85. The summed E-state index contributed by atoms with van der Waals surface area (Å²) >= 11 is 0. The zero-order chi connectivity index (χ0) is 18.7. The van der Waals surface area contributed by atoms with E-state index in [0.717, 1.165) is 23.3 Å². The number of benzene rings is 1. The van der Waals surface area contributed by atoms with Crippen molar-refractivity contribution in [1.29, 1.82) is 0 Å². The minimum Gasteiger partial charge on any atom is -0.335 e. The molecule has 0 aromatic heterocycles. The van der Waals surface area contributed by atoms with Crippen molar-refractivity contribution in [3.63, 3.8) is 0 Å². The summed E-state index contributed by atoms with van der Waals surface area (Å²) in [4.78, 5) is 24.8. The summed E-state index contributed by atoms with van der Waals surface area (Å²) in [5.74, 6) is -0.340. The number of aryl methyl sites for hydroxylation is 1. The number of urea groups is 1. The van der Waals surface area contributed by atoms with E-state index >= 15 is 0 Å². The molecule has 1 aliphatic carbocycles. The zero-order valence-electron chi connectivity index (χ0n) is 14.8. The quantitative estimate of drug-likeness (QED) is 0.601. The Morgan fingerprint density at radius 2 is 1.77 bits per heavy atom. The number of carbonyl (C=O) groups excluding carboxylic acids is 2. The molecule has 3 rings (SSSR count). The van der Waals surface area contributed by atoms with E-state index in [2.05, 4.69) is 10.6 Å². The molecule has 1 heterocycles. The number of imide groups is 1. The molecule has 3 amide bonds. The van der Waals surface area contributed by atoms with Gasteiger partial charge in [0.05, 0.1) is 31.1 Å². The van der Waals surface area contributed by atoms with E-state index in [1.54, 1.807) is 24.3 Å². The van der Waals surface area contributed by atoms with Crippen molar-refractivity contribution in [3.05, 3.63) is 29.8 Å². The standard InChI is InChI=1S/C17H24N4O4S/c1-13-2-6-15(7-3-13)26(24,25)21-10-8-20(9-11-21)12-16(22)19-17(23)18-14-4-5-14/h2-3,6-7,14H,4-5,8-12H2,1H3,(H2,18,19,22,23)/p+1. The van der Waals surface area contributed by atoms with Crippen LogP contribution in [0.4, 0.5) is 4.79 Å². The lowest BCUT2D eigenvalue weighted by Gasteiger charge is -2.31. The first kappa shape index (κ1) is 18.8. The largest absolute Gasteiger partial charge is 0.335 e. The van der Waals surface area contributed by atoms with E-state index in [1.165, 1.54) is 4.31 Å². The predicted octanol–water partition coefficient (Wildman–Crippen LogP) is -1.13. The summed E-state index contributed by atoms with van der Waals surface area (Å²) in [5.41, 5.74) is 1.01. The lowest BCUT2D eigenvalue weighted by atomic mass is 10.2. The Bertz CT molecular complexity index is 766. The van der Waals surface area contributed by atoms with E-state index in [-0.39, 0.29) is 18.5 Å². The van der Waals surface area contributed by atoms with Gasteiger partial charge >= 0.3 is 6.03 Å². The molecular weight excluding hydrogens is 356 g/mol. The number of amides is 3. The third-order valence-corrected chi connectivity index (χ3v) is 6.58. The number of nitrogens with one attached hydrogen (secondary N) is 3. The molecule has 8 nitrogen and oxygen atoms in total. The van der Waals surface area contributed by atoms with Gasteiger partial charge in [-0.2, -0.15) is 4.31 Å². The number of hydrogen-bond donors (Lipinski definition) is 3. The minimum atomic E-state index is -3.50. The lowest BCUT2D eigenvalue weighted by Crippen LogP contribution is -3.15. The van der Waals surface area contributed by atoms with E-state index in [4.69, 9.17) is 0 Å². The zero-order valence-corrected chi connectivity index (χ0v) is 15.6. The van der Waals surface area contributed by atoms with Crippen LogP contribution in [0.25, 0.3) is 0 Å². The van der Waals surface area contributed by atoms with Crippen molar-refractivity contribution < 1.29 is 22.9 Å². The average Bonchev–Trinajstić information content (AvgIpc) is 3.39. The van der Waals surface area contributed by atoms with Crippen LogP contribution in [-0.4, -0.2) is 63.4 Å². The van der Waals surface area contributed by atoms with Crippen LogP contribution in [0.15, 0.2) is 29.2 Å². The van der Waals surface area contributed by atoms with Crippen LogP contribution in [-0.2, 0) is 14.8 Å². The highest BCUT2D eigenvalue weighted by Crippen LogP contribution is 2.18. The molecule has 142 valence electrons. The fourth-order valence-electron chi connectivity index (χ4n) is 2.93. The molecule has 0 atom stereocenters. The summed E-state index contributed by atoms with van der Waals surface area (Å²) in [6.07, 6.45) is 1.93. The topological polar surface area (TPSA) is 100 Å². The lowest BCUT2D eigenvalue weighted by molar-refractivity contribution is -0.895. The third kappa shape index (κ3) is 4.80. The van der Waals surface area contributed by atoms with Gasteiger partial charge in [0.15, 0.2) is 6.54 Å². The van der Waals surface area contributed by atoms with Gasteiger partial charge in [0.25, 0.3) is 5.91 Å². The first-order valence-corrected chi connectivity index (χ1v) is 10.3. The van der Waals surface area contributed by atoms with Crippen molar-refractivity contribution in [2.75, 3.05) is 32.7 Å². The highest BCUT2D eigenvalue weighted by atomic mass is 32.2. The van der Waals surface area contributed by atoms with Crippen LogP contribution in [0, 0.1) is 6.92 Å². The normalized spacial score (nSPS) is 19.1. The van der Waals surface area contributed by atoms with Crippen LogP contribution in [0.1, 0.15) is 18.4 Å². The number of sulfonamides is 1. The molecule has 0 bridgehead atoms. The Hall–Kier alpha value is -1.97. The van der Waals surface area contributed by atoms with Gasteiger partial charge in [-0.05, 0) is 31.9 Å². The Morgan fingerprint density at radius 1 is 1.15 bits per heavy atom. The second-order valence-corrected chi connectivity index (χ2v) is 8.88. The molecule has 1 saturated heterocycles. The van der Waals surface area contributed by atoms with E-state index in [0.29, 0.717) is 31.1 Å². The fourth-order valence-corrected chi connectivity index (χ4v) is 4.37. The average molecular weight is 381 g/mol. The molecule has 1 aromatic rings. The van der Waals surface area contributed by atoms with Crippen molar-refractivity contribution in [3.8, 4) is 0 Å². The van der Waals surface area contributed by atoms with Gasteiger partial charge in [0.2, 0.25) is 10.0 Å². The van der Waals surface area contributed by atoms with Gasteiger partial charge in [0.1, 0.15) is 0 Å². The van der Waals surface area contributed by atoms with Crippen molar-refractivity contribution in [2.45, 2.75) is 30.7 Å². The number of piperazine rings is 1. The molecule has 2 fully saturated rings. The first-order chi connectivity index (χ1) is 12.3. The van der Waals surface area contributed by atoms with E-state index < -0.39 is 16.1 Å². The molecule has 26 heavy (non-hydrogen) atoms. The van der Waals surface area contributed by atoms with Crippen LogP contribution >= 0.6 is 0 Å². The van der Waals surface area contributed by atoms with Gasteiger partial charge in [0, 0.05) is 6.04 Å². The van der Waals surface area contributed by atoms with Crippen LogP contribution in [0.5, 0.6) is 0 Å². The van der Waals surface area contributed by atoms with Crippen molar-refractivity contribution in [2.24, 2.45) is 0 Å². The molecule has 0 radical (unpaired) electrons. The summed E-state index contributed by atoms with van der Waals surface area (Å²) in [7, 11) is -3.50. The second kappa shape index (κ2) is 7.73. The highest BCUT2D eigenvalue weighted by molar-refractivity contribution is 7.89. The molecular formula is C17H25N4O4S+. The number of carbonyl (C=O) groups is 2. The molecule has 1 aromatic carbocycles. The molecule has 1 aliphatic heterocycles. The summed E-state index contributed by atoms with van der Waals surface area (Å²) in [5, 5.41) is 5.03. The highest BCUT2D eigenvalue weighted by Gasteiger charge is 2.31. The van der Waals surface area contributed by atoms with Crippen LogP contribution in [0.3, 0.4) is 0 Å².